The Balaban J connectivity index is 1.37. The van der Waals surface area contributed by atoms with E-state index in [0.717, 1.165) is 33.4 Å². The maximum Gasteiger partial charge on any atom is 0.281 e. The maximum atomic E-state index is 17.1. The SMILES string of the molecule is CC(C)(C)c1ccc2c(c1)c1cc(-c3ccccc3)ccc1n2-c1c(C#N)c(C#N)c(-n2c3ccc(-c4ccccc4)cc3c3cc(C(C)(C)C)ccc32)c2c1C(F)(F)CC2(F)F. The smallest absolute Gasteiger partial charge is 0.281 e. The van der Waals surface area contributed by atoms with Gasteiger partial charge in [-0.25, -0.2) is 17.6 Å². The first-order chi connectivity index (χ1) is 29.9. The lowest BCUT2D eigenvalue weighted by atomic mass is 9.86. The van der Waals surface area contributed by atoms with Crippen LogP contribution in [0.4, 0.5) is 17.6 Å². The molecule has 7 aromatic carbocycles. The first-order valence-electron chi connectivity index (χ1n) is 21.0. The van der Waals surface area contributed by atoms with E-state index in [9.17, 15) is 10.5 Å². The molecule has 0 saturated carbocycles. The first-order valence-corrected chi connectivity index (χ1v) is 21.0. The molecule has 10 rings (SSSR count). The van der Waals surface area contributed by atoms with Crippen LogP contribution in [-0.4, -0.2) is 9.13 Å². The highest BCUT2D eigenvalue weighted by Gasteiger charge is 2.60. The molecule has 1 aliphatic carbocycles. The van der Waals surface area contributed by atoms with Gasteiger partial charge < -0.3 is 9.13 Å². The minimum Gasteiger partial charge on any atom is -0.307 e. The van der Waals surface area contributed by atoms with Crippen molar-refractivity contribution in [2.24, 2.45) is 0 Å². The van der Waals surface area contributed by atoms with Gasteiger partial charge in [-0.3, -0.25) is 0 Å². The van der Waals surface area contributed by atoms with Gasteiger partial charge in [0.2, 0.25) is 0 Å². The minimum atomic E-state index is -4.10. The number of nitrogens with zero attached hydrogens (tertiary/aromatic N) is 4. The fourth-order valence-corrected chi connectivity index (χ4v) is 9.64. The molecule has 0 fully saturated rings. The van der Waals surface area contributed by atoms with Gasteiger partial charge in [0.15, 0.2) is 0 Å². The lowest BCUT2D eigenvalue weighted by molar-refractivity contribution is -0.0923. The predicted molar refractivity (Wildman–Crippen MR) is 245 cm³/mol. The number of alkyl halides is 4. The van der Waals surface area contributed by atoms with Crippen molar-refractivity contribution in [1.82, 2.24) is 9.13 Å². The van der Waals surface area contributed by atoms with E-state index >= 15 is 17.6 Å². The highest BCUT2D eigenvalue weighted by Crippen LogP contribution is 2.60. The number of hydrogen-bond donors (Lipinski definition) is 0. The molecule has 1 aliphatic rings. The Bertz CT molecular complexity index is 3230. The highest BCUT2D eigenvalue weighted by molar-refractivity contribution is 6.13. The lowest BCUT2D eigenvalue weighted by Crippen LogP contribution is -2.18. The molecule has 0 saturated heterocycles. The number of aromatic nitrogens is 2. The van der Waals surface area contributed by atoms with Crippen LogP contribution in [0.5, 0.6) is 0 Å². The minimum absolute atomic E-state index is 0.290. The third kappa shape index (κ3) is 6.07. The van der Waals surface area contributed by atoms with Gasteiger partial charge in [0.1, 0.15) is 12.1 Å². The third-order valence-corrected chi connectivity index (χ3v) is 12.8. The number of nitriles is 2. The zero-order valence-electron chi connectivity index (χ0n) is 35.7. The summed E-state index contributed by atoms with van der Waals surface area (Å²) in [7, 11) is 0. The van der Waals surface area contributed by atoms with E-state index in [1.807, 2.05) is 109 Å². The van der Waals surface area contributed by atoms with E-state index in [1.165, 1.54) is 9.13 Å². The Morgan fingerprint density at radius 2 is 0.778 bits per heavy atom. The van der Waals surface area contributed by atoms with Crippen molar-refractivity contribution in [3.05, 3.63) is 167 Å². The summed E-state index contributed by atoms with van der Waals surface area (Å²) in [5.41, 5.74) is 3.23. The van der Waals surface area contributed by atoms with Gasteiger partial charge in [0.05, 0.1) is 62.1 Å². The lowest BCUT2D eigenvalue weighted by Gasteiger charge is -2.24. The Labute approximate surface area is 362 Å². The van der Waals surface area contributed by atoms with Crippen molar-refractivity contribution in [3.63, 3.8) is 0 Å². The summed E-state index contributed by atoms with van der Waals surface area (Å²) in [5, 5.41) is 25.2. The van der Waals surface area contributed by atoms with E-state index < -0.39 is 51.9 Å². The molecule has 0 radical (unpaired) electrons. The van der Waals surface area contributed by atoms with Crippen LogP contribution in [0.2, 0.25) is 0 Å². The molecule has 2 aromatic heterocycles. The van der Waals surface area contributed by atoms with E-state index in [2.05, 4.69) is 53.7 Å². The summed E-state index contributed by atoms with van der Waals surface area (Å²) in [6, 6.07) is 46.4. The molecule has 9 aromatic rings. The summed E-state index contributed by atoms with van der Waals surface area (Å²) in [6.45, 7) is 12.4. The van der Waals surface area contributed by atoms with Crippen LogP contribution in [0, 0.1) is 22.7 Å². The van der Waals surface area contributed by atoms with Gasteiger partial charge in [-0.15, -0.1) is 0 Å². The van der Waals surface area contributed by atoms with Crippen LogP contribution in [0.15, 0.2) is 133 Å². The molecule has 0 bridgehead atoms. The van der Waals surface area contributed by atoms with E-state index in [1.54, 1.807) is 24.3 Å². The average molecular weight is 835 g/mol. The summed E-state index contributed by atoms with van der Waals surface area (Å²) in [5.74, 6) is -8.20. The topological polar surface area (TPSA) is 57.4 Å². The van der Waals surface area contributed by atoms with Crippen LogP contribution in [0.1, 0.15) is 81.3 Å². The van der Waals surface area contributed by atoms with Crippen molar-refractivity contribution in [1.29, 1.82) is 10.5 Å². The van der Waals surface area contributed by atoms with Gasteiger partial charge in [-0.1, -0.05) is 126 Å². The molecule has 63 heavy (non-hydrogen) atoms. The maximum absolute atomic E-state index is 17.1. The van der Waals surface area contributed by atoms with E-state index in [4.69, 9.17) is 0 Å². The van der Waals surface area contributed by atoms with Gasteiger partial charge in [-0.2, -0.15) is 10.5 Å². The number of fused-ring (bicyclic) bond motifs is 7. The van der Waals surface area contributed by atoms with Gasteiger partial charge in [0.25, 0.3) is 11.8 Å². The normalized spacial score (nSPS) is 14.7. The Morgan fingerprint density at radius 3 is 1.11 bits per heavy atom. The second-order valence-electron chi connectivity index (χ2n) is 18.8. The Morgan fingerprint density at radius 1 is 0.444 bits per heavy atom. The first kappa shape index (κ1) is 39.9. The Kier molecular flexibility index (Phi) is 8.67. The molecule has 0 aliphatic heterocycles. The van der Waals surface area contributed by atoms with E-state index in [0.29, 0.717) is 43.6 Å². The van der Waals surface area contributed by atoms with Gasteiger partial charge in [0, 0.05) is 21.5 Å². The predicted octanol–water partition coefficient (Wildman–Crippen LogP) is 15.1. The van der Waals surface area contributed by atoms with Crippen molar-refractivity contribution in [3.8, 4) is 45.8 Å². The van der Waals surface area contributed by atoms with Gasteiger partial charge in [-0.05, 0) is 92.7 Å². The number of benzene rings is 7. The van der Waals surface area contributed by atoms with Crippen molar-refractivity contribution in [2.45, 2.75) is 70.6 Å². The molecule has 0 N–H and O–H groups in total. The van der Waals surface area contributed by atoms with E-state index in [-0.39, 0.29) is 10.8 Å². The second kappa shape index (κ2) is 13.7. The summed E-state index contributed by atoms with van der Waals surface area (Å²) in [4.78, 5) is 0. The molecule has 0 amide bonds. The van der Waals surface area contributed by atoms with Crippen LogP contribution >= 0.6 is 0 Å². The van der Waals surface area contributed by atoms with Crippen molar-refractivity contribution >= 4 is 43.6 Å². The van der Waals surface area contributed by atoms with Crippen LogP contribution in [0.3, 0.4) is 0 Å². The van der Waals surface area contributed by atoms with Crippen LogP contribution in [-0.2, 0) is 22.7 Å². The molecule has 0 atom stereocenters. The zero-order valence-corrected chi connectivity index (χ0v) is 35.7. The molecular weight excluding hydrogens is 793 g/mol. The quantitative estimate of drug-likeness (QED) is 0.166. The third-order valence-electron chi connectivity index (χ3n) is 12.8. The van der Waals surface area contributed by atoms with Gasteiger partial charge >= 0.3 is 0 Å². The van der Waals surface area contributed by atoms with Crippen molar-refractivity contribution < 1.29 is 17.6 Å². The summed E-state index contributed by atoms with van der Waals surface area (Å²) < 4.78 is 71.5. The monoisotopic (exact) mass is 834 g/mol. The molecule has 2 heterocycles. The molecule has 4 nitrogen and oxygen atoms in total. The number of halogens is 4. The molecule has 310 valence electrons. The van der Waals surface area contributed by atoms with Crippen LogP contribution in [0.25, 0.3) is 77.2 Å². The van der Waals surface area contributed by atoms with Crippen molar-refractivity contribution in [2.75, 3.05) is 0 Å². The largest absolute Gasteiger partial charge is 0.307 e. The molecular formula is C55H42F4N4. The number of hydrogen-bond acceptors (Lipinski definition) is 2. The highest BCUT2D eigenvalue weighted by atomic mass is 19.3. The summed E-state index contributed by atoms with van der Waals surface area (Å²) >= 11 is 0. The Hall–Kier alpha value is -7.16. The number of rotatable bonds is 4. The fraction of sp³-hybridized carbons (Fsp3) is 0.200. The summed E-state index contributed by atoms with van der Waals surface area (Å²) in [6.07, 6.45) is -1.82. The van der Waals surface area contributed by atoms with Crippen LogP contribution < -0.4 is 0 Å². The second-order valence-corrected chi connectivity index (χ2v) is 18.8. The molecule has 0 unspecified atom stereocenters. The fourth-order valence-electron chi connectivity index (χ4n) is 9.64. The molecule has 0 spiro atoms. The molecule has 8 heteroatoms. The average Bonchev–Trinajstić information content (AvgIpc) is 3.82. The zero-order chi connectivity index (χ0) is 44.4. The standard InChI is InChI=1S/C55H42F4N4/c1-52(2,3)36-19-23-46-40(27-36)38-25-34(32-13-9-7-10-14-32)17-21-44(38)62(46)50-42(29-60)43(30-61)51(49-48(50)54(56,57)31-55(49,58)59)63-45-22-18-35(33-15-11-8-12-16-33)26-39(45)41-28-37(53(4,5)6)20-24-47(41)63/h7-28H,31H2,1-6H3.